The maximum absolute atomic E-state index is 13.3. The van der Waals surface area contributed by atoms with Crippen molar-refractivity contribution in [1.29, 1.82) is 0 Å². The number of aromatic carboxylic acids is 1. The summed E-state index contributed by atoms with van der Waals surface area (Å²) < 4.78 is 40.5. The van der Waals surface area contributed by atoms with E-state index >= 15 is 0 Å². The minimum Gasteiger partial charge on any atom is -0.545 e. The molecule has 8 heteroatoms. The third-order valence-corrected chi connectivity index (χ3v) is 3.66. The number of rotatable bonds is 2. The van der Waals surface area contributed by atoms with Crippen LogP contribution in [0.2, 0.25) is 0 Å². The second kappa shape index (κ2) is 5.04. The molecule has 1 aliphatic rings. The van der Waals surface area contributed by atoms with Gasteiger partial charge in [0.15, 0.2) is 6.04 Å². The van der Waals surface area contributed by atoms with Crippen molar-refractivity contribution < 1.29 is 23.1 Å². The summed E-state index contributed by atoms with van der Waals surface area (Å²) in [6, 6.07) is 6.02. The first-order valence-electron chi connectivity index (χ1n) is 6.55. The summed E-state index contributed by atoms with van der Waals surface area (Å²) in [6.07, 6.45) is -3.92. The third-order valence-electron chi connectivity index (χ3n) is 3.66. The zero-order valence-electron chi connectivity index (χ0n) is 11.2. The number of benzene rings is 1. The van der Waals surface area contributed by atoms with Crippen molar-refractivity contribution in [1.82, 2.24) is 9.78 Å². The average molecular weight is 310 g/mol. The molecule has 0 unspecified atom stereocenters. The van der Waals surface area contributed by atoms with Crippen molar-refractivity contribution in [2.45, 2.75) is 24.7 Å². The smallest absolute Gasteiger partial charge is 0.410 e. The third kappa shape index (κ3) is 2.40. The first-order valence-corrected chi connectivity index (χ1v) is 6.55. The highest BCUT2D eigenvalue weighted by atomic mass is 19.4. The number of halogens is 3. The van der Waals surface area contributed by atoms with Crippen LogP contribution in [0.3, 0.4) is 0 Å². The normalized spacial score (nSPS) is 21.0. The maximum Gasteiger partial charge on any atom is 0.410 e. The Hall–Kier alpha value is -2.51. The Bertz CT molecular complexity index is 697. The zero-order valence-corrected chi connectivity index (χ0v) is 11.2. The Morgan fingerprint density at radius 1 is 1.32 bits per heavy atom. The minimum absolute atomic E-state index is 0.178. The number of nitrogens with one attached hydrogen (secondary N) is 1. The number of fused-ring (bicyclic) bond motifs is 1. The molecule has 1 aromatic carbocycles. The van der Waals surface area contributed by atoms with Crippen LogP contribution in [-0.4, -0.2) is 21.9 Å². The molecule has 0 bridgehead atoms. The Morgan fingerprint density at radius 3 is 2.59 bits per heavy atom. The SMILES string of the molecule is O=C([O-])c1cnn2c1N[C@H](c1ccccc1)C[C@H]2C(F)(F)F. The molecule has 0 aliphatic carbocycles. The number of hydrogen-bond donors (Lipinski definition) is 1. The number of carboxylic acids is 1. The fourth-order valence-electron chi connectivity index (χ4n) is 2.62. The van der Waals surface area contributed by atoms with Gasteiger partial charge in [0, 0.05) is 6.42 Å². The highest BCUT2D eigenvalue weighted by Crippen LogP contribution is 2.44. The Kier molecular flexibility index (Phi) is 3.31. The average Bonchev–Trinajstić information content (AvgIpc) is 2.90. The van der Waals surface area contributed by atoms with E-state index in [0.29, 0.717) is 10.2 Å². The van der Waals surface area contributed by atoms with Crippen LogP contribution in [0, 0.1) is 0 Å². The lowest BCUT2D eigenvalue weighted by molar-refractivity contribution is -0.255. The number of carbonyl (C=O) groups excluding carboxylic acids is 1. The Balaban J connectivity index is 2.07. The van der Waals surface area contributed by atoms with E-state index in [-0.39, 0.29) is 17.8 Å². The number of nitrogens with zero attached hydrogens (tertiary/aromatic N) is 2. The summed E-state index contributed by atoms with van der Waals surface area (Å²) in [6.45, 7) is 0. The van der Waals surface area contributed by atoms with E-state index in [1.54, 1.807) is 30.3 Å². The molecular formula is C14H11F3N3O2-. The Morgan fingerprint density at radius 2 is 2.00 bits per heavy atom. The van der Waals surface area contributed by atoms with Gasteiger partial charge in [0.2, 0.25) is 0 Å². The van der Waals surface area contributed by atoms with Crippen LogP contribution in [0.1, 0.15) is 34.4 Å². The first kappa shape index (κ1) is 14.4. The van der Waals surface area contributed by atoms with E-state index in [4.69, 9.17) is 0 Å². The van der Waals surface area contributed by atoms with Crippen LogP contribution in [0.5, 0.6) is 0 Å². The number of carbonyl (C=O) groups is 1. The van der Waals surface area contributed by atoms with E-state index in [0.717, 1.165) is 6.20 Å². The zero-order chi connectivity index (χ0) is 15.9. The monoisotopic (exact) mass is 310 g/mol. The van der Waals surface area contributed by atoms with Gasteiger partial charge < -0.3 is 15.2 Å². The van der Waals surface area contributed by atoms with Crippen molar-refractivity contribution in [2.75, 3.05) is 5.32 Å². The molecule has 116 valence electrons. The van der Waals surface area contributed by atoms with Gasteiger partial charge in [-0.15, -0.1) is 0 Å². The summed E-state index contributed by atoms with van der Waals surface area (Å²) in [4.78, 5) is 11.0. The van der Waals surface area contributed by atoms with E-state index in [1.807, 2.05) is 0 Å². The van der Waals surface area contributed by atoms with Gasteiger partial charge in [0.25, 0.3) is 0 Å². The van der Waals surface area contributed by atoms with Crippen LogP contribution in [0.4, 0.5) is 19.0 Å². The van der Waals surface area contributed by atoms with Gasteiger partial charge in [0.05, 0.1) is 23.8 Å². The Labute approximate surface area is 123 Å². The molecule has 0 saturated heterocycles. The van der Waals surface area contributed by atoms with Gasteiger partial charge >= 0.3 is 6.18 Å². The van der Waals surface area contributed by atoms with Gasteiger partial charge in [-0.3, -0.25) is 0 Å². The number of alkyl halides is 3. The molecule has 0 spiro atoms. The van der Waals surface area contributed by atoms with Crippen molar-refractivity contribution in [3.63, 3.8) is 0 Å². The van der Waals surface area contributed by atoms with Crippen molar-refractivity contribution in [3.8, 4) is 0 Å². The molecule has 2 heterocycles. The molecule has 2 atom stereocenters. The lowest BCUT2D eigenvalue weighted by Gasteiger charge is -2.34. The summed E-state index contributed by atoms with van der Waals surface area (Å²) in [7, 11) is 0. The minimum atomic E-state index is -4.53. The molecule has 1 aromatic heterocycles. The van der Waals surface area contributed by atoms with Gasteiger partial charge in [-0.2, -0.15) is 18.3 Å². The lowest BCUT2D eigenvalue weighted by atomic mass is 9.96. The molecule has 1 aliphatic heterocycles. The van der Waals surface area contributed by atoms with Crippen molar-refractivity contribution in [2.24, 2.45) is 0 Å². The second-order valence-electron chi connectivity index (χ2n) is 5.04. The second-order valence-corrected chi connectivity index (χ2v) is 5.04. The number of carboxylic acid groups (broad SMARTS) is 1. The van der Waals surface area contributed by atoms with Crippen LogP contribution < -0.4 is 10.4 Å². The predicted octanol–water partition coefficient (Wildman–Crippen LogP) is 1.91. The summed E-state index contributed by atoms with van der Waals surface area (Å²) in [5.41, 5.74) is 0.267. The molecule has 3 rings (SSSR count). The van der Waals surface area contributed by atoms with E-state index in [2.05, 4.69) is 10.4 Å². The van der Waals surface area contributed by atoms with Crippen molar-refractivity contribution >= 4 is 11.8 Å². The van der Waals surface area contributed by atoms with E-state index in [1.165, 1.54) is 0 Å². The quantitative estimate of drug-likeness (QED) is 0.920. The van der Waals surface area contributed by atoms with E-state index < -0.39 is 24.2 Å². The largest absolute Gasteiger partial charge is 0.545 e. The van der Waals surface area contributed by atoms with Gasteiger partial charge in [-0.05, 0) is 5.56 Å². The number of hydrogen-bond acceptors (Lipinski definition) is 4. The number of anilines is 1. The van der Waals surface area contributed by atoms with Gasteiger partial charge in [0.1, 0.15) is 5.82 Å². The van der Waals surface area contributed by atoms with Crippen LogP contribution in [-0.2, 0) is 0 Å². The van der Waals surface area contributed by atoms with Gasteiger partial charge in [-0.1, -0.05) is 30.3 Å². The lowest BCUT2D eigenvalue weighted by Crippen LogP contribution is -2.36. The topological polar surface area (TPSA) is 70.0 Å². The summed E-state index contributed by atoms with van der Waals surface area (Å²) >= 11 is 0. The first-order chi connectivity index (χ1) is 10.4. The van der Waals surface area contributed by atoms with Crippen molar-refractivity contribution in [3.05, 3.63) is 47.7 Å². The standard InChI is InChI=1S/C14H12F3N3O2/c15-14(16,17)11-6-10(8-4-2-1-3-5-8)19-12-9(13(21)22)7-18-20(11)12/h1-5,7,10-11,19H,6H2,(H,21,22)/p-1/t10-,11-/m0/s1. The molecular weight excluding hydrogens is 299 g/mol. The molecule has 0 fully saturated rings. The highest BCUT2D eigenvalue weighted by molar-refractivity contribution is 5.91. The summed E-state index contributed by atoms with van der Waals surface area (Å²) in [5, 5.41) is 17.4. The van der Waals surface area contributed by atoms with Crippen LogP contribution in [0.25, 0.3) is 0 Å². The van der Waals surface area contributed by atoms with Crippen LogP contribution >= 0.6 is 0 Å². The fraction of sp³-hybridized carbons (Fsp3) is 0.286. The fourth-order valence-corrected chi connectivity index (χ4v) is 2.62. The highest BCUT2D eigenvalue weighted by Gasteiger charge is 2.46. The molecule has 0 radical (unpaired) electrons. The van der Waals surface area contributed by atoms with Gasteiger partial charge in [-0.25, -0.2) is 4.68 Å². The summed E-state index contributed by atoms with van der Waals surface area (Å²) in [5.74, 6) is -1.74. The van der Waals surface area contributed by atoms with E-state index in [9.17, 15) is 23.1 Å². The molecule has 5 nitrogen and oxygen atoms in total. The molecule has 2 aromatic rings. The maximum atomic E-state index is 13.3. The molecule has 1 N–H and O–H groups in total. The predicted molar refractivity (Wildman–Crippen MR) is 69.1 cm³/mol. The molecule has 22 heavy (non-hydrogen) atoms. The molecule has 0 saturated carbocycles. The number of aromatic nitrogens is 2. The molecule has 0 amide bonds. The van der Waals surface area contributed by atoms with Crippen LogP contribution in [0.15, 0.2) is 36.5 Å².